The van der Waals surface area contributed by atoms with Crippen molar-refractivity contribution in [2.45, 2.75) is 6.92 Å². The van der Waals surface area contributed by atoms with Gasteiger partial charge in [0.25, 0.3) is 0 Å². The molecule has 88 valence electrons. The van der Waals surface area contributed by atoms with Crippen LogP contribution in [0.1, 0.15) is 15.9 Å². The fourth-order valence-electron chi connectivity index (χ4n) is 1.94. The molecule has 4 nitrogen and oxygen atoms in total. The Labute approximate surface area is 104 Å². The van der Waals surface area contributed by atoms with Crippen molar-refractivity contribution in [2.75, 3.05) is 0 Å². The molecule has 0 aliphatic rings. The first-order chi connectivity index (χ1) is 8.79. The number of aldehydes is 1. The van der Waals surface area contributed by atoms with Crippen LogP contribution >= 0.6 is 0 Å². The van der Waals surface area contributed by atoms with E-state index in [0.717, 1.165) is 11.8 Å². The van der Waals surface area contributed by atoms with E-state index in [0.29, 0.717) is 16.9 Å². The molecule has 0 atom stereocenters. The molecule has 0 saturated heterocycles. The molecular formula is C14H11N3O. The average Bonchev–Trinajstić information content (AvgIpc) is 2.78. The molecule has 0 amide bonds. The minimum absolute atomic E-state index is 0.527. The lowest BCUT2D eigenvalue weighted by molar-refractivity contribution is 0.112. The number of carbonyl (C=O) groups excluding carboxylic acids is 1. The van der Waals surface area contributed by atoms with Crippen LogP contribution in [0.3, 0.4) is 0 Å². The highest BCUT2D eigenvalue weighted by Crippen LogP contribution is 2.23. The maximum Gasteiger partial charge on any atom is 0.166 e. The third-order valence-electron chi connectivity index (χ3n) is 2.87. The number of aromatic nitrogens is 3. The lowest BCUT2D eigenvalue weighted by Crippen LogP contribution is -1.88. The number of fused-ring (bicyclic) bond motifs is 1. The Bertz CT molecular complexity index is 713. The summed E-state index contributed by atoms with van der Waals surface area (Å²) in [6.07, 6.45) is 4.25. The van der Waals surface area contributed by atoms with Gasteiger partial charge in [-0.1, -0.05) is 29.8 Å². The van der Waals surface area contributed by atoms with E-state index in [1.807, 2.05) is 31.2 Å². The van der Waals surface area contributed by atoms with Gasteiger partial charge < -0.3 is 0 Å². The van der Waals surface area contributed by atoms with Crippen molar-refractivity contribution < 1.29 is 4.79 Å². The highest BCUT2D eigenvalue weighted by molar-refractivity contribution is 5.93. The topological polar surface area (TPSA) is 47.3 Å². The summed E-state index contributed by atoms with van der Waals surface area (Å²) < 4.78 is 1.62. The molecule has 0 N–H and O–H groups in total. The molecule has 2 heterocycles. The van der Waals surface area contributed by atoms with Gasteiger partial charge in [-0.2, -0.15) is 5.10 Å². The smallest absolute Gasteiger partial charge is 0.166 e. The van der Waals surface area contributed by atoms with Gasteiger partial charge in [0.2, 0.25) is 0 Å². The zero-order valence-corrected chi connectivity index (χ0v) is 9.87. The lowest BCUT2D eigenvalue weighted by Gasteiger charge is -1.98. The Balaban J connectivity index is 2.28. The molecule has 3 rings (SSSR count). The number of hydrogen-bond acceptors (Lipinski definition) is 3. The molecule has 0 spiro atoms. The fraction of sp³-hybridized carbons (Fsp3) is 0.0714. The van der Waals surface area contributed by atoms with Crippen LogP contribution < -0.4 is 0 Å². The third-order valence-corrected chi connectivity index (χ3v) is 2.87. The third kappa shape index (κ3) is 1.59. The molecule has 18 heavy (non-hydrogen) atoms. The minimum Gasteiger partial charge on any atom is -0.298 e. The summed E-state index contributed by atoms with van der Waals surface area (Å²) in [4.78, 5) is 15.4. The predicted molar refractivity (Wildman–Crippen MR) is 68.5 cm³/mol. The second-order valence-corrected chi connectivity index (χ2v) is 4.13. The Morgan fingerprint density at radius 2 is 2.00 bits per heavy atom. The Hall–Kier alpha value is -2.49. The first-order valence-corrected chi connectivity index (χ1v) is 5.65. The van der Waals surface area contributed by atoms with E-state index in [-0.39, 0.29) is 0 Å². The molecule has 1 aromatic carbocycles. The van der Waals surface area contributed by atoms with Crippen molar-refractivity contribution in [3.8, 4) is 11.3 Å². The second kappa shape index (κ2) is 4.07. The van der Waals surface area contributed by atoms with Gasteiger partial charge >= 0.3 is 0 Å². The van der Waals surface area contributed by atoms with Gasteiger partial charge in [0, 0.05) is 18.0 Å². The number of aryl methyl sites for hydroxylation is 1. The molecule has 4 heteroatoms. The van der Waals surface area contributed by atoms with Crippen molar-refractivity contribution in [3.63, 3.8) is 0 Å². The van der Waals surface area contributed by atoms with Crippen molar-refractivity contribution in [1.29, 1.82) is 0 Å². The van der Waals surface area contributed by atoms with Crippen LogP contribution in [0.2, 0.25) is 0 Å². The van der Waals surface area contributed by atoms with Crippen molar-refractivity contribution in [2.24, 2.45) is 0 Å². The number of hydrogen-bond donors (Lipinski definition) is 0. The van der Waals surface area contributed by atoms with Crippen LogP contribution in [0.5, 0.6) is 0 Å². The summed E-state index contributed by atoms with van der Waals surface area (Å²) in [6, 6.07) is 9.71. The van der Waals surface area contributed by atoms with Gasteiger partial charge in [0.15, 0.2) is 11.9 Å². The summed E-state index contributed by atoms with van der Waals surface area (Å²) in [5.41, 5.74) is 3.88. The van der Waals surface area contributed by atoms with Gasteiger partial charge in [0.1, 0.15) is 5.69 Å². The molecule has 3 aromatic rings. The lowest BCUT2D eigenvalue weighted by atomic mass is 10.1. The van der Waals surface area contributed by atoms with Crippen LogP contribution in [0, 0.1) is 6.92 Å². The monoisotopic (exact) mass is 237 g/mol. The van der Waals surface area contributed by atoms with E-state index in [1.54, 1.807) is 23.0 Å². The molecule has 0 unspecified atom stereocenters. The maximum absolute atomic E-state index is 11.2. The van der Waals surface area contributed by atoms with Crippen molar-refractivity contribution in [1.82, 2.24) is 14.6 Å². The quantitative estimate of drug-likeness (QED) is 0.643. The van der Waals surface area contributed by atoms with E-state index < -0.39 is 0 Å². The zero-order chi connectivity index (χ0) is 12.5. The van der Waals surface area contributed by atoms with Crippen LogP contribution in [0.4, 0.5) is 0 Å². The number of nitrogens with zero attached hydrogens (tertiary/aromatic N) is 3. The Morgan fingerprint density at radius 3 is 2.72 bits per heavy atom. The summed E-state index contributed by atoms with van der Waals surface area (Å²) in [7, 11) is 0. The summed E-state index contributed by atoms with van der Waals surface area (Å²) >= 11 is 0. The van der Waals surface area contributed by atoms with Gasteiger partial charge in [0.05, 0.1) is 5.56 Å². The first kappa shape index (κ1) is 10.7. The molecule has 0 fully saturated rings. The second-order valence-electron chi connectivity index (χ2n) is 4.13. The van der Waals surface area contributed by atoms with Gasteiger partial charge in [-0.3, -0.25) is 4.79 Å². The molecule has 0 aliphatic carbocycles. The normalized spacial score (nSPS) is 10.7. The van der Waals surface area contributed by atoms with Gasteiger partial charge in [-0.05, 0) is 13.0 Å². The molecular weight excluding hydrogens is 226 g/mol. The SMILES string of the molecule is Cc1ccc(-c2nn3cccnc3c2C=O)cc1. The minimum atomic E-state index is 0.527. The standard InChI is InChI=1S/C14H11N3O/c1-10-3-5-11(6-4-10)13-12(9-18)14-15-7-2-8-17(14)16-13/h2-9H,1H3. The Kier molecular flexibility index (Phi) is 2.41. The van der Waals surface area contributed by atoms with Crippen LogP contribution in [-0.2, 0) is 0 Å². The molecule has 0 saturated carbocycles. The first-order valence-electron chi connectivity index (χ1n) is 5.65. The number of carbonyl (C=O) groups is 1. The van der Waals surface area contributed by atoms with Crippen LogP contribution in [0.15, 0.2) is 42.7 Å². The summed E-state index contributed by atoms with van der Waals surface area (Å²) in [5, 5.41) is 4.41. The molecule has 0 bridgehead atoms. The summed E-state index contributed by atoms with van der Waals surface area (Å²) in [5.74, 6) is 0. The highest BCUT2D eigenvalue weighted by Gasteiger charge is 2.14. The van der Waals surface area contributed by atoms with E-state index in [1.165, 1.54) is 5.56 Å². The largest absolute Gasteiger partial charge is 0.298 e. The van der Waals surface area contributed by atoms with E-state index in [4.69, 9.17) is 0 Å². The van der Waals surface area contributed by atoms with E-state index >= 15 is 0 Å². The van der Waals surface area contributed by atoms with E-state index in [2.05, 4.69) is 10.1 Å². The van der Waals surface area contributed by atoms with Crippen molar-refractivity contribution in [3.05, 3.63) is 53.9 Å². The van der Waals surface area contributed by atoms with Crippen LogP contribution in [-0.4, -0.2) is 20.9 Å². The highest BCUT2D eigenvalue weighted by atomic mass is 16.1. The van der Waals surface area contributed by atoms with Gasteiger partial charge in [-0.25, -0.2) is 9.50 Å². The fourth-order valence-corrected chi connectivity index (χ4v) is 1.94. The van der Waals surface area contributed by atoms with Crippen molar-refractivity contribution >= 4 is 11.9 Å². The molecule has 2 aromatic heterocycles. The number of benzene rings is 1. The molecule has 0 radical (unpaired) electrons. The van der Waals surface area contributed by atoms with E-state index in [9.17, 15) is 4.79 Å². The summed E-state index contributed by atoms with van der Waals surface area (Å²) in [6.45, 7) is 2.02. The van der Waals surface area contributed by atoms with Gasteiger partial charge in [-0.15, -0.1) is 0 Å². The molecule has 0 aliphatic heterocycles. The average molecular weight is 237 g/mol. The maximum atomic E-state index is 11.2. The number of rotatable bonds is 2. The zero-order valence-electron chi connectivity index (χ0n) is 9.87. The van der Waals surface area contributed by atoms with Crippen LogP contribution in [0.25, 0.3) is 16.9 Å². The Morgan fingerprint density at radius 1 is 1.22 bits per heavy atom. The predicted octanol–water partition coefficient (Wildman–Crippen LogP) is 2.52.